The number of nitro groups is 1. The summed E-state index contributed by atoms with van der Waals surface area (Å²) >= 11 is 0. The molecular weight excluding hydrogens is 372 g/mol. The molecule has 0 saturated carbocycles. The summed E-state index contributed by atoms with van der Waals surface area (Å²) in [6, 6.07) is 16.8. The largest absolute Gasteiger partial charge is 0.317 e. The van der Waals surface area contributed by atoms with Crippen molar-refractivity contribution in [2.75, 3.05) is 5.01 Å². The Labute approximate surface area is 165 Å². The van der Waals surface area contributed by atoms with E-state index in [9.17, 15) is 19.7 Å². The fraction of sp³-hybridized carbons (Fsp3) is 0.0476. The quantitative estimate of drug-likeness (QED) is 0.321. The highest BCUT2D eigenvalue weighted by atomic mass is 16.6. The lowest BCUT2D eigenvalue weighted by atomic mass is 10.2. The lowest BCUT2D eigenvalue weighted by Crippen LogP contribution is -2.35. The summed E-state index contributed by atoms with van der Waals surface area (Å²) in [5.41, 5.74) is 5.14. The third-order valence-electron chi connectivity index (χ3n) is 4.54. The van der Waals surface area contributed by atoms with Crippen LogP contribution in [0.5, 0.6) is 0 Å². The Bertz CT molecular complexity index is 1180. The van der Waals surface area contributed by atoms with Gasteiger partial charge in [0.05, 0.1) is 16.3 Å². The van der Waals surface area contributed by atoms with Crippen LogP contribution in [0.1, 0.15) is 11.3 Å². The topological polar surface area (TPSA) is 97.5 Å². The summed E-state index contributed by atoms with van der Waals surface area (Å²) in [7, 11) is 0. The number of non-ortho nitro benzene ring substituents is 1. The van der Waals surface area contributed by atoms with E-state index in [0.717, 1.165) is 5.56 Å². The minimum absolute atomic E-state index is 0.0168. The number of nitrogens with zero attached hydrogens (tertiary/aromatic N) is 3. The second-order valence-corrected chi connectivity index (χ2v) is 6.56. The standard InChI is InChI=1S/C21H16N4O4/c1-14-5-2-7-17(11-14)24-21(27)19(20(26)22-24)13-16-9-4-10-23(16)15-6-3-8-18(12-15)25(28)29/h2-13H,1H3,(H,22,26). The van der Waals surface area contributed by atoms with Gasteiger partial charge in [-0.05, 0) is 48.9 Å². The van der Waals surface area contributed by atoms with Crippen LogP contribution in [0.4, 0.5) is 11.4 Å². The van der Waals surface area contributed by atoms with Crippen molar-refractivity contribution in [3.05, 3.63) is 93.8 Å². The lowest BCUT2D eigenvalue weighted by Gasteiger charge is -2.14. The Morgan fingerprint density at radius 2 is 1.76 bits per heavy atom. The SMILES string of the molecule is Cc1cccc(N2NC(=O)C(=Cc3cccn3-c3cccc([N+](=O)[O-])c3)C2=O)c1. The van der Waals surface area contributed by atoms with Crippen molar-refractivity contribution in [3.8, 4) is 5.69 Å². The number of benzene rings is 2. The molecule has 2 amide bonds. The summed E-state index contributed by atoms with van der Waals surface area (Å²) in [4.78, 5) is 35.8. The first-order valence-corrected chi connectivity index (χ1v) is 8.80. The maximum atomic E-state index is 12.8. The van der Waals surface area contributed by atoms with Gasteiger partial charge < -0.3 is 4.57 Å². The molecule has 2 heterocycles. The van der Waals surface area contributed by atoms with Crippen LogP contribution in [0.2, 0.25) is 0 Å². The molecule has 0 aliphatic carbocycles. The lowest BCUT2D eigenvalue weighted by molar-refractivity contribution is -0.384. The van der Waals surface area contributed by atoms with Gasteiger partial charge >= 0.3 is 0 Å². The number of carbonyl (C=O) groups is 2. The Morgan fingerprint density at radius 1 is 1.00 bits per heavy atom. The van der Waals surface area contributed by atoms with Crippen LogP contribution < -0.4 is 10.4 Å². The van der Waals surface area contributed by atoms with Gasteiger partial charge in [-0.2, -0.15) is 0 Å². The second kappa shape index (κ2) is 7.08. The molecule has 29 heavy (non-hydrogen) atoms. The molecule has 1 aliphatic heterocycles. The number of carbonyl (C=O) groups excluding carboxylic acids is 2. The molecule has 0 unspecified atom stereocenters. The fourth-order valence-electron chi connectivity index (χ4n) is 3.16. The van der Waals surface area contributed by atoms with Crippen LogP contribution in [0.25, 0.3) is 11.8 Å². The molecule has 4 rings (SSSR count). The monoisotopic (exact) mass is 388 g/mol. The number of hydrogen-bond donors (Lipinski definition) is 1. The maximum absolute atomic E-state index is 12.8. The van der Waals surface area contributed by atoms with Crippen LogP contribution in [-0.4, -0.2) is 21.3 Å². The van der Waals surface area contributed by atoms with Gasteiger partial charge in [-0.1, -0.05) is 18.2 Å². The van der Waals surface area contributed by atoms with Crippen molar-refractivity contribution in [3.63, 3.8) is 0 Å². The minimum Gasteiger partial charge on any atom is -0.317 e. The van der Waals surface area contributed by atoms with Crippen molar-refractivity contribution in [1.82, 2.24) is 9.99 Å². The van der Waals surface area contributed by atoms with Gasteiger partial charge in [0.1, 0.15) is 5.57 Å². The molecule has 2 aromatic carbocycles. The first-order valence-electron chi connectivity index (χ1n) is 8.80. The van der Waals surface area contributed by atoms with E-state index in [1.165, 1.54) is 23.2 Å². The van der Waals surface area contributed by atoms with E-state index < -0.39 is 16.7 Å². The number of rotatable bonds is 4. The van der Waals surface area contributed by atoms with E-state index in [4.69, 9.17) is 0 Å². The van der Waals surface area contributed by atoms with Crippen molar-refractivity contribution in [1.29, 1.82) is 0 Å². The zero-order valence-electron chi connectivity index (χ0n) is 15.4. The molecule has 8 heteroatoms. The maximum Gasteiger partial charge on any atom is 0.282 e. The number of anilines is 1. The molecule has 0 spiro atoms. The number of nitrogens with one attached hydrogen (secondary N) is 1. The molecule has 1 saturated heterocycles. The average Bonchev–Trinajstić information content (AvgIpc) is 3.28. The summed E-state index contributed by atoms with van der Waals surface area (Å²) in [6.07, 6.45) is 3.19. The van der Waals surface area contributed by atoms with E-state index in [2.05, 4.69) is 5.43 Å². The first-order chi connectivity index (χ1) is 13.9. The molecule has 0 atom stereocenters. The molecule has 0 bridgehead atoms. The molecule has 8 nitrogen and oxygen atoms in total. The van der Waals surface area contributed by atoms with Crippen molar-refractivity contribution in [2.24, 2.45) is 0 Å². The van der Waals surface area contributed by atoms with Crippen molar-refractivity contribution >= 4 is 29.3 Å². The Balaban J connectivity index is 1.70. The molecular formula is C21H16N4O4. The van der Waals surface area contributed by atoms with Gasteiger partial charge in [0.15, 0.2) is 0 Å². The number of hydrazine groups is 1. The van der Waals surface area contributed by atoms with E-state index in [0.29, 0.717) is 17.1 Å². The van der Waals surface area contributed by atoms with E-state index in [1.54, 1.807) is 53.2 Å². The molecule has 1 fully saturated rings. The average molecular weight is 388 g/mol. The highest BCUT2D eigenvalue weighted by Gasteiger charge is 2.34. The fourth-order valence-corrected chi connectivity index (χ4v) is 3.16. The molecule has 1 aromatic heterocycles. The highest BCUT2D eigenvalue weighted by Crippen LogP contribution is 2.24. The highest BCUT2D eigenvalue weighted by molar-refractivity contribution is 6.31. The van der Waals surface area contributed by atoms with Gasteiger partial charge in [-0.15, -0.1) is 0 Å². The van der Waals surface area contributed by atoms with Crippen LogP contribution >= 0.6 is 0 Å². The first kappa shape index (κ1) is 18.2. The number of aromatic nitrogens is 1. The molecule has 1 aliphatic rings. The molecule has 0 radical (unpaired) electrons. The normalized spacial score (nSPS) is 15.1. The number of hydrogen-bond acceptors (Lipinski definition) is 4. The molecule has 3 aromatic rings. The van der Waals surface area contributed by atoms with Crippen LogP contribution in [0.15, 0.2) is 72.4 Å². The zero-order valence-corrected chi connectivity index (χ0v) is 15.4. The van der Waals surface area contributed by atoms with Gasteiger partial charge in [0.25, 0.3) is 17.5 Å². The van der Waals surface area contributed by atoms with E-state index >= 15 is 0 Å². The molecule has 1 N–H and O–H groups in total. The van der Waals surface area contributed by atoms with Gasteiger partial charge in [0.2, 0.25) is 0 Å². The van der Waals surface area contributed by atoms with Gasteiger partial charge in [-0.25, -0.2) is 5.01 Å². The van der Waals surface area contributed by atoms with Crippen molar-refractivity contribution in [2.45, 2.75) is 6.92 Å². The Kier molecular flexibility index (Phi) is 4.44. The van der Waals surface area contributed by atoms with Crippen LogP contribution in [-0.2, 0) is 9.59 Å². The Morgan fingerprint density at radius 3 is 2.52 bits per heavy atom. The summed E-state index contributed by atoms with van der Waals surface area (Å²) in [6.45, 7) is 1.90. The number of aryl methyl sites for hydroxylation is 1. The van der Waals surface area contributed by atoms with E-state index in [-0.39, 0.29) is 11.3 Å². The Hall–Kier alpha value is -4.20. The zero-order chi connectivity index (χ0) is 20.5. The summed E-state index contributed by atoms with van der Waals surface area (Å²) < 4.78 is 1.68. The predicted molar refractivity (Wildman–Crippen MR) is 107 cm³/mol. The third kappa shape index (κ3) is 3.39. The third-order valence-corrected chi connectivity index (χ3v) is 4.54. The van der Waals surface area contributed by atoms with Crippen LogP contribution in [0.3, 0.4) is 0 Å². The van der Waals surface area contributed by atoms with E-state index in [1.807, 2.05) is 13.0 Å². The molecule has 144 valence electrons. The summed E-state index contributed by atoms with van der Waals surface area (Å²) in [5.74, 6) is -0.976. The van der Waals surface area contributed by atoms with Gasteiger partial charge in [0, 0.05) is 24.0 Å². The van der Waals surface area contributed by atoms with Crippen LogP contribution in [0, 0.1) is 17.0 Å². The predicted octanol–water partition coefficient (Wildman–Crippen LogP) is 3.16. The number of amides is 2. The smallest absolute Gasteiger partial charge is 0.282 e. The van der Waals surface area contributed by atoms with Crippen molar-refractivity contribution < 1.29 is 14.5 Å². The van der Waals surface area contributed by atoms with Gasteiger partial charge in [-0.3, -0.25) is 25.1 Å². The minimum atomic E-state index is -0.511. The number of nitro benzene ring substituents is 1. The summed E-state index contributed by atoms with van der Waals surface area (Å²) in [5, 5.41) is 12.3. The second-order valence-electron chi connectivity index (χ2n) is 6.56.